The van der Waals surface area contributed by atoms with Gasteiger partial charge in [-0.2, -0.15) is 0 Å². The van der Waals surface area contributed by atoms with Crippen molar-refractivity contribution >= 4 is 41.3 Å². The number of rotatable bonds is 49. The second-order valence-electron chi connectivity index (χ2n) is 19.7. The number of nitrogens with zero attached hydrogens (tertiary/aromatic N) is 2. The van der Waals surface area contributed by atoms with E-state index >= 15 is 0 Å². The van der Waals surface area contributed by atoms with Crippen LogP contribution in [0.3, 0.4) is 0 Å². The van der Waals surface area contributed by atoms with E-state index in [2.05, 4.69) is 34.9 Å². The van der Waals surface area contributed by atoms with Crippen LogP contribution < -0.4 is 10.6 Å². The van der Waals surface area contributed by atoms with Gasteiger partial charge in [-0.1, -0.05) is 61.0 Å². The minimum Gasteiger partial charge on any atom is -0.448 e. The molecule has 0 bridgehead atoms. The summed E-state index contributed by atoms with van der Waals surface area (Å²) in [5.74, 6) is -2.72. The Bertz CT molecular complexity index is 2420. The molecular formula is C61H86N4O20. The maximum atomic E-state index is 13.2. The number of piperidine rings is 1. The number of ether oxygens (including phenoxy) is 14. The molecule has 1 saturated heterocycles. The summed E-state index contributed by atoms with van der Waals surface area (Å²) in [6, 6.07) is 20.1. The van der Waals surface area contributed by atoms with E-state index in [9.17, 15) is 28.8 Å². The number of carbonyl (C=O) groups excluding carboxylic acids is 6. The van der Waals surface area contributed by atoms with E-state index in [0.29, 0.717) is 185 Å². The summed E-state index contributed by atoms with van der Waals surface area (Å²) in [7, 11) is 1.71. The van der Waals surface area contributed by atoms with Crippen LogP contribution in [0.4, 0.5) is 10.5 Å². The number of carbonyl (C=O) groups is 6. The molecule has 470 valence electrons. The van der Waals surface area contributed by atoms with Crippen molar-refractivity contribution in [1.82, 2.24) is 15.1 Å². The molecule has 2 N–H and O–H groups in total. The number of anilines is 1. The van der Waals surface area contributed by atoms with Gasteiger partial charge in [-0.05, 0) is 53.6 Å². The molecule has 0 radical (unpaired) electrons. The summed E-state index contributed by atoms with van der Waals surface area (Å²) in [6.45, 7) is 12.4. The lowest BCUT2D eigenvalue weighted by Crippen LogP contribution is -2.54. The molecule has 1 fully saturated rings. The summed E-state index contributed by atoms with van der Waals surface area (Å²) in [6.07, 6.45) is 2.03. The zero-order valence-electron chi connectivity index (χ0n) is 49.1. The lowest BCUT2D eigenvalue weighted by molar-refractivity contribution is -0.136. The third-order valence-electron chi connectivity index (χ3n) is 13.6. The van der Waals surface area contributed by atoms with E-state index in [1.165, 1.54) is 33.2 Å². The summed E-state index contributed by atoms with van der Waals surface area (Å²) in [4.78, 5) is 78.0. The van der Waals surface area contributed by atoms with Crippen molar-refractivity contribution in [1.29, 1.82) is 0 Å². The average molecular weight is 1200 g/mol. The van der Waals surface area contributed by atoms with Crippen molar-refractivity contribution in [3.8, 4) is 11.1 Å². The van der Waals surface area contributed by atoms with Crippen LogP contribution in [0.25, 0.3) is 11.1 Å². The third-order valence-corrected chi connectivity index (χ3v) is 13.6. The molecule has 0 spiro atoms. The number of amides is 6. The summed E-state index contributed by atoms with van der Waals surface area (Å²) >= 11 is 0. The van der Waals surface area contributed by atoms with Crippen molar-refractivity contribution in [3.63, 3.8) is 0 Å². The van der Waals surface area contributed by atoms with E-state index in [-0.39, 0.29) is 60.6 Å². The number of fused-ring (bicyclic) bond motifs is 4. The molecular weight excluding hydrogens is 1110 g/mol. The van der Waals surface area contributed by atoms with Crippen molar-refractivity contribution in [2.75, 3.05) is 197 Å². The number of likely N-dealkylation sites (N-methyl/N-ethyl adjacent to an activating group) is 1. The summed E-state index contributed by atoms with van der Waals surface area (Å²) in [5.41, 5.74) is 5.12. The number of benzene rings is 3. The first-order valence-corrected chi connectivity index (χ1v) is 29.5. The highest BCUT2D eigenvalue weighted by Crippen LogP contribution is 2.44. The maximum absolute atomic E-state index is 13.2. The van der Waals surface area contributed by atoms with Gasteiger partial charge in [-0.15, -0.1) is 0 Å². The Morgan fingerprint density at radius 3 is 1.35 bits per heavy atom. The predicted molar refractivity (Wildman–Crippen MR) is 309 cm³/mol. The minimum atomic E-state index is -1.08. The lowest BCUT2D eigenvalue weighted by Gasteiger charge is -2.27. The van der Waals surface area contributed by atoms with Gasteiger partial charge in [0.1, 0.15) is 12.6 Å². The number of hydrogen-bond acceptors (Lipinski definition) is 20. The second kappa shape index (κ2) is 41.3. The Hall–Kier alpha value is -5.84. The van der Waals surface area contributed by atoms with E-state index in [1.807, 2.05) is 24.3 Å². The van der Waals surface area contributed by atoms with E-state index in [1.54, 1.807) is 19.2 Å². The molecule has 1 atom stereocenters. The van der Waals surface area contributed by atoms with Gasteiger partial charge >= 0.3 is 6.09 Å². The molecule has 85 heavy (non-hydrogen) atoms. The first-order valence-electron chi connectivity index (χ1n) is 29.5. The monoisotopic (exact) mass is 1190 g/mol. The van der Waals surface area contributed by atoms with Gasteiger partial charge in [0.05, 0.1) is 182 Å². The minimum absolute atomic E-state index is 0.0224. The van der Waals surface area contributed by atoms with E-state index < -0.39 is 29.7 Å². The number of imide groups is 2. The molecule has 2 heterocycles. The fraction of sp³-hybridized carbons (Fsp3) is 0.607. The van der Waals surface area contributed by atoms with Crippen LogP contribution in [0, 0.1) is 0 Å². The van der Waals surface area contributed by atoms with Crippen molar-refractivity contribution < 1.29 is 95.1 Å². The molecule has 24 nitrogen and oxygen atoms in total. The Morgan fingerprint density at radius 1 is 0.494 bits per heavy atom. The van der Waals surface area contributed by atoms with Gasteiger partial charge in [0.15, 0.2) is 0 Å². The molecule has 0 saturated carbocycles. The van der Waals surface area contributed by atoms with E-state index in [4.69, 9.17) is 66.3 Å². The Balaban J connectivity index is 0.577. The summed E-state index contributed by atoms with van der Waals surface area (Å²) in [5, 5.41) is 4.91. The van der Waals surface area contributed by atoms with Gasteiger partial charge in [0.2, 0.25) is 17.7 Å². The van der Waals surface area contributed by atoms with Crippen LogP contribution in [0.15, 0.2) is 66.7 Å². The normalized spacial score (nSPS) is 14.6. The third kappa shape index (κ3) is 24.8. The zero-order valence-corrected chi connectivity index (χ0v) is 49.1. The first-order chi connectivity index (χ1) is 41.7. The van der Waals surface area contributed by atoms with Crippen molar-refractivity contribution in [2.45, 2.75) is 50.5 Å². The molecule has 3 aliphatic rings. The van der Waals surface area contributed by atoms with Gasteiger partial charge < -0.3 is 76.5 Å². The molecule has 6 amide bonds. The Kier molecular flexibility index (Phi) is 33.2. The van der Waals surface area contributed by atoms with E-state index in [0.717, 1.165) is 17.7 Å². The van der Waals surface area contributed by atoms with Crippen LogP contribution in [0.2, 0.25) is 0 Å². The van der Waals surface area contributed by atoms with Gasteiger partial charge in [0.25, 0.3) is 11.8 Å². The topological polar surface area (TPSA) is 262 Å². The molecule has 2 aliphatic heterocycles. The largest absolute Gasteiger partial charge is 0.448 e. The van der Waals surface area contributed by atoms with Crippen LogP contribution in [-0.4, -0.2) is 243 Å². The molecule has 3 aromatic rings. The number of nitrogens with one attached hydrogen (secondary N) is 2. The molecule has 1 aliphatic carbocycles. The SMILES string of the molecule is CN(CCOCCOCCOCCOCCOCCOCCOCCOCCOCCOCCOCCOCCOCCCCCC(=O)Nc1cccc2c1C(=O)N(C1CCC(=O)NC1=O)C2=O)C(=O)OCC1c2ccccc2-c2ccccc21. The highest BCUT2D eigenvalue weighted by Gasteiger charge is 2.45. The predicted octanol–water partition coefficient (Wildman–Crippen LogP) is 4.68. The molecule has 24 heteroatoms. The van der Waals surface area contributed by atoms with Gasteiger partial charge in [-0.3, -0.25) is 34.2 Å². The molecule has 3 aromatic carbocycles. The number of unbranched alkanes of at least 4 members (excludes halogenated alkanes) is 2. The first kappa shape index (κ1) is 68.3. The fourth-order valence-corrected chi connectivity index (χ4v) is 9.24. The Morgan fingerprint density at radius 2 is 0.906 bits per heavy atom. The van der Waals surface area contributed by atoms with Crippen LogP contribution >= 0.6 is 0 Å². The Labute approximate surface area is 497 Å². The average Bonchev–Trinajstić information content (AvgIpc) is 2.97. The zero-order chi connectivity index (χ0) is 59.9. The molecule has 6 rings (SSSR count). The quantitative estimate of drug-likeness (QED) is 0.0574. The second-order valence-corrected chi connectivity index (χ2v) is 19.7. The van der Waals surface area contributed by atoms with Crippen molar-refractivity contribution in [2.24, 2.45) is 0 Å². The molecule has 0 aromatic heterocycles. The van der Waals surface area contributed by atoms with Crippen LogP contribution in [0.5, 0.6) is 0 Å². The fourth-order valence-electron chi connectivity index (χ4n) is 9.24. The van der Waals surface area contributed by atoms with Crippen molar-refractivity contribution in [3.05, 3.63) is 89.0 Å². The standard InChI is InChI=1S/C61H86N4O20/c1-64(61(71)85-46-52-49-12-6-4-10-47(49)48-11-5-7-13-50(48)52)19-21-73-23-25-75-27-29-77-31-33-79-35-37-81-39-41-83-43-45-84-44-42-82-40-38-80-36-34-78-32-30-76-28-26-74-24-22-72-20-8-2-3-16-55(66)62-53-15-9-14-51-57(53)60(70)65(59(51)69)54-17-18-56(67)63-58(54)68/h4-7,9-15,52,54H,2-3,8,16-46H2,1H3,(H,62,66)(H,63,67,68). The lowest BCUT2D eigenvalue weighted by atomic mass is 9.98. The van der Waals surface area contributed by atoms with Gasteiger partial charge in [-0.25, -0.2) is 4.79 Å². The highest BCUT2D eigenvalue weighted by molar-refractivity contribution is 6.26. The molecule has 1 unspecified atom stereocenters. The summed E-state index contributed by atoms with van der Waals surface area (Å²) < 4.78 is 77.9. The van der Waals surface area contributed by atoms with Crippen LogP contribution in [-0.2, 0) is 80.7 Å². The van der Waals surface area contributed by atoms with Crippen LogP contribution in [0.1, 0.15) is 76.3 Å². The maximum Gasteiger partial charge on any atom is 0.409 e. The van der Waals surface area contributed by atoms with Gasteiger partial charge in [0, 0.05) is 39.0 Å². The highest BCUT2D eigenvalue weighted by atomic mass is 16.6. The smallest absolute Gasteiger partial charge is 0.409 e. The number of hydrogen-bond donors (Lipinski definition) is 2.